The van der Waals surface area contributed by atoms with Crippen LogP contribution in [0.3, 0.4) is 0 Å². The van der Waals surface area contributed by atoms with Crippen LogP contribution in [0.1, 0.15) is 40.0 Å². The van der Waals surface area contributed by atoms with Crippen molar-refractivity contribution in [2.75, 3.05) is 59.9 Å². The summed E-state index contributed by atoms with van der Waals surface area (Å²) >= 11 is 0. The maximum Gasteiger partial charge on any atom is 0.410 e. The van der Waals surface area contributed by atoms with Gasteiger partial charge in [0, 0.05) is 38.8 Å². The topological polar surface area (TPSA) is 48.0 Å². The molecule has 2 fully saturated rings. The molecule has 2 saturated heterocycles. The Hall–Kier alpha value is -0.850. The number of nitrogens with one attached hydrogen (secondary N) is 1. The molecule has 25 heavy (non-hydrogen) atoms. The summed E-state index contributed by atoms with van der Waals surface area (Å²) in [6.07, 6.45) is 3.22. The normalized spacial score (nSPS) is 22.8. The third-order valence-electron chi connectivity index (χ3n) is 5.12. The molecule has 1 amide bonds. The van der Waals surface area contributed by atoms with Crippen molar-refractivity contribution in [3.05, 3.63) is 0 Å². The van der Waals surface area contributed by atoms with Crippen molar-refractivity contribution in [1.29, 1.82) is 0 Å². The number of carbonyl (C=O) groups is 1. The third-order valence-corrected chi connectivity index (χ3v) is 5.12. The van der Waals surface area contributed by atoms with Gasteiger partial charge in [-0.15, -0.1) is 0 Å². The summed E-state index contributed by atoms with van der Waals surface area (Å²) in [5, 5.41) is 3.48. The number of nitrogens with zero attached hydrogens (tertiary/aromatic N) is 3. The molecule has 1 unspecified atom stereocenters. The molecule has 2 rings (SSSR count). The molecule has 0 aromatic carbocycles. The van der Waals surface area contributed by atoms with Crippen LogP contribution in [0.2, 0.25) is 0 Å². The number of ether oxygens (including phenoxy) is 1. The number of hydrogen-bond donors (Lipinski definition) is 1. The van der Waals surface area contributed by atoms with Crippen molar-refractivity contribution >= 4 is 6.09 Å². The van der Waals surface area contributed by atoms with Crippen LogP contribution >= 0.6 is 0 Å². The first-order chi connectivity index (χ1) is 11.7. The van der Waals surface area contributed by atoms with Crippen molar-refractivity contribution < 1.29 is 9.53 Å². The monoisotopic (exact) mass is 354 g/mol. The van der Waals surface area contributed by atoms with Gasteiger partial charge in [-0.3, -0.25) is 4.90 Å². The number of hydrogen-bond acceptors (Lipinski definition) is 5. The number of carbonyl (C=O) groups excluding carboxylic acids is 1. The van der Waals surface area contributed by atoms with Gasteiger partial charge in [-0.05, 0) is 73.1 Å². The zero-order valence-electron chi connectivity index (χ0n) is 16.9. The molecule has 0 aliphatic carbocycles. The number of piperidine rings is 1. The van der Waals surface area contributed by atoms with Gasteiger partial charge in [-0.25, -0.2) is 4.79 Å². The van der Waals surface area contributed by atoms with Gasteiger partial charge in [0.15, 0.2) is 0 Å². The second kappa shape index (κ2) is 9.19. The quantitative estimate of drug-likeness (QED) is 0.789. The first-order valence-electron chi connectivity index (χ1n) is 9.82. The molecule has 0 spiro atoms. The fourth-order valence-electron chi connectivity index (χ4n) is 3.69. The van der Waals surface area contributed by atoms with Crippen molar-refractivity contribution in [2.24, 2.45) is 5.92 Å². The molecule has 0 saturated carbocycles. The van der Waals surface area contributed by atoms with Crippen molar-refractivity contribution in [3.63, 3.8) is 0 Å². The highest BCUT2D eigenvalue weighted by molar-refractivity contribution is 5.68. The highest BCUT2D eigenvalue weighted by Crippen LogP contribution is 2.21. The van der Waals surface area contributed by atoms with Crippen LogP contribution in [0.15, 0.2) is 0 Å². The molecule has 2 heterocycles. The van der Waals surface area contributed by atoms with E-state index >= 15 is 0 Å². The van der Waals surface area contributed by atoms with Gasteiger partial charge in [0.25, 0.3) is 0 Å². The minimum Gasteiger partial charge on any atom is -0.444 e. The zero-order valence-corrected chi connectivity index (χ0v) is 16.9. The first-order valence-corrected chi connectivity index (χ1v) is 9.82. The highest BCUT2D eigenvalue weighted by Gasteiger charge is 2.30. The molecule has 0 aromatic rings. The Morgan fingerprint density at radius 3 is 2.36 bits per heavy atom. The predicted molar refractivity (Wildman–Crippen MR) is 102 cm³/mol. The number of rotatable bonds is 6. The van der Waals surface area contributed by atoms with E-state index in [1.54, 1.807) is 0 Å². The van der Waals surface area contributed by atoms with E-state index in [1.807, 2.05) is 25.7 Å². The lowest BCUT2D eigenvalue weighted by Gasteiger charge is -2.40. The van der Waals surface area contributed by atoms with Gasteiger partial charge in [0.05, 0.1) is 0 Å². The van der Waals surface area contributed by atoms with E-state index in [0.29, 0.717) is 6.04 Å². The lowest BCUT2D eigenvalue weighted by molar-refractivity contribution is 0.0131. The van der Waals surface area contributed by atoms with E-state index in [1.165, 1.54) is 13.0 Å². The Kier molecular flexibility index (Phi) is 7.52. The standard InChI is InChI=1S/C19H38N4O2/c1-19(2,3)25-18(24)22-10-7-17(8-11-22)23(13-12-21(4)5)15-16-6-9-20-14-16/h16-17,20H,6-15H2,1-5H3. The molecule has 146 valence electrons. The molecule has 0 aromatic heterocycles. The number of likely N-dealkylation sites (tertiary alicyclic amines) is 1. The maximum atomic E-state index is 12.3. The van der Waals surface area contributed by atoms with Crippen LogP contribution in [0.25, 0.3) is 0 Å². The molecule has 6 nitrogen and oxygen atoms in total. The van der Waals surface area contributed by atoms with Crippen LogP contribution in [0, 0.1) is 5.92 Å². The van der Waals surface area contributed by atoms with E-state index in [0.717, 1.165) is 58.0 Å². The summed E-state index contributed by atoms with van der Waals surface area (Å²) in [5.74, 6) is 0.769. The Morgan fingerprint density at radius 2 is 1.84 bits per heavy atom. The smallest absolute Gasteiger partial charge is 0.410 e. The summed E-state index contributed by atoms with van der Waals surface area (Å²) in [7, 11) is 4.28. The average Bonchev–Trinajstić information content (AvgIpc) is 3.03. The van der Waals surface area contributed by atoms with Gasteiger partial charge in [-0.1, -0.05) is 0 Å². The number of likely N-dealkylation sites (N-methyl/N-ethyl adjacent to an activating group) is 1. The second-order valence-corrected chi connectivity index (χ2v) is 8.86. The minimum absolute atomic E-state index is 0.161. The van der Waals surface area contributed by atoms with E-state index < -0.39 is 5.60 Å². The maximum absolute atomic E-state index is 12.3. The van der Waals surface area contributed by atoms with Gasteiger partial charge in [0.1, 0.15) is 5.60 Å². The highest BCUT2D eigenvalue weighted by atomic mass is 16.6. The largest absolute Gasteiger partial charge is 0.444 e. The van der Waals surface area contributed by atoms with E-state index in [4.69, 9.17) is 4.74 Å². The molecule has 1 atom stereocenters. The van der Waals surface area contributed by atoms with Gasteiger partial charge in [0.2, 0.25) is 0 Å². The summed E-state index contributed by atoms with van der Waals surface area (Å²) in [5.41, 5.74) is -0.416. The second-order valence-electron chi connectivity index (χ2n) is 8.86. The Labute approximate surface area is 153 Å². The molecule has 0 bridgehead atoms. The minimum atomic E-state index is -0.416. The summed E-state index contributed by atoms with van der Waals surface area (Å²) in [4.78, 5) is 19.1. The van der Waals surface area contributed by atoms with Crippen LogP contribution < -0.4 is 5.32 Å². The van der Waals surface area contributed by atoms with Crippen molar-refractivity contribution in [2.45, 2.75) is 51.7 Å². The summed E-state index contributed by atoms with van der Waals surface area (Å²) in [6.45, 7) is 13.1. The SMILES string of the molecule is CN(C)CCN(CC1CCNC1)C1CCN(C(=O)OC(C)(C)C)CC1. The fraction of sp³-hybridized carbons (Fsp3) is 0.947. The van der Waals surface area contributed by atoms with Crippen molar-refractivity contribution in [1.82, 2.24) is 20.0 Å². The van der Waals surface area contributed by atoms with Gasteiger partial charge >= 0.3 is 6.09 Å². The lowest BCUT2D eigenvalue weighted by atomic mass is 10.0. The van der Waals surface area contributed by atoms with Crippen LogP contribution in [0.4, 0.5) is 4.79 Å². The van der Waals surface area contributed by atoms with E-state index in [2.05, 4.69) is 29.2 Å². The van der Waals surface area contributed by atoms with E-state index in [9.17, 15) is 4.79 Å². The Balaban J connectivity index is 1.85. The predicted octanol–water partition coefficient (Wildman–Crippen LogP) is 1.86. The van der Waals surface area contributed by atoms with Gasteiger partial charge in [-0.2, -0.15) is 0 Å². The molecular formula is C19H38N4O2. The Morgan fingerprint density at radius 1 is 1.16 bits per heavy atom. The molecular weight excluding hydrogens is 316 g/mol. The van der Waals surface area contributed by atoms with Gasteiger partial charge < -0.3 is 19.9 Å². The van der Waals surface area contributed by atoms with Crippen LogP contribution in [-0.4, -0.2) is 92.3 Å². The molecule has 6 heteroatoms. The zero-order chi connectivity index (χ0) is 18.4. The molecule has 2 aliphatic rings. The summed E-state index contributed by atoms with van der Waals surface area (Å²) < 4.78 is 5.52. The molecule has 0 radical (unpaired) electrons. The number of amides is 1. The van der Waals surface area contributed by atoms with E-state index in [-0.39, 0.29) is 6.09 Å². The molecule has 2 aliphatic heterocycles. The molecule has 1 N–H and O–H groups in total. The fourth-order valence-corrected chi connectivity index (χ4v) is 3.69. The third kappa shape index (κ3) is 7.12. The first kappa shape index (κ1) is 20.5. The van der Waals surface area contributed by atoms with Crippen molar-refractivity contribution in [3.8, 4) is 0 Å². The average molecular weight is 355 g/mol. The Bertz CT molecular complexity index is 408. The van der Waals surface area contributed by atoms with Crippen LogP contribution in [0.5, 0.6) is 0 Å². The summed E-state index contributed by atoms with van der Waals surface area (Å²) in [6, 6.07) is 0.583. The lowest BCUT2D eigenvalue weighted by Crippen LogP contribution is -2.50. The van der Waals surface area contributed by atoms with Crippen LogP contribution in [-0.2, 0) is 4.74 Å².